The standard InChI is InChI=1S/C39H43N3O10/c1-22(2)40-12-11-27-26-6-4-3-5-24(26)15-28-29(27)16-31-30(28)17-32-33(36(31)46)20-50-38(47)37(32)52-39(48)51-19-23-7-9-25(10-8-23)42-34(44)18-41-35(45)21-49-14-13-43/h3-10,13,17,22,27-29,31,37,40H,11-12,14-16,18-21H2,1-2H3,(H,41,45)(H,42,44)/t27?,28?,29?,31?,37-/m0/s1. The lowest BCUT2D eigenvalue weighted by molar-refractivity contribution is -0.154. The molecule has 4 unspecified atom stereocenters. The summed E-state index contributed by atoms with van der Waals surface area (Å²) in [5.74, 6) is -1.46. The Balaban J connectivity index is 1.07. The number of benzene rings is 2. The van der Waals surface area contributed by atoms with Gasteiger partial charge < -0.3 is 39.7 Å². The molecule has 2 amide bonds. The van der Waals surface area contributed by atoms with Gasteiger partial charge in [-0.2, -0.15) is 0 Å². The summed E-state index contributed by atoms with van der Waals surface area (Å²) in [5.41, 5.74) is 5.38. The lowest BCUT2D eigenvalue weighted by Crippen LogP contribution is -2.40. The molecule has 0 aromatic heterocycles. The quantitative estimate of drug-likeness (QED) is 0.149. The fourth-order valence-corrected chi connectivity index (χ4v) is 7.76. The first-order valence-electron chi connectivity index (χ1n) is 17.6. The molecule has 0 radical (unpaired) electrons. The van der Waals surface area contributed by atoms with Crippen molar-refractivity contribution in [2.45, 2.75) is 57.8 Å². The minimum atomic E-state index is -1.43. The molecule has 6 rings (SSSR count). The zero-order valence-electron chi connectivity index (χ0n) is 29.2. The molecule has 1 fully saturated rings. The first-order valence-corrected chi connectivity index (χ1v) is 17.6. The molecule has 52 heavy (non-hydrogen) atoms. The van der Waals surface area contributed by atoms with Gasteiger partial charge in [0.2, 0.25) is 17.9 Å². The molecule has 274 valence electrons. The number of carbonyl (C=O) groups excluding carboxylic acids is 6. The van der Waals surface area contributed by atoms with Gasteiger partial charge in [-0.05, 0) is 72.4 Å². The lowest BCUT2D eigenvalue weighted by atomic mass is 9.68. The van der Waals surface area contributed by atoms with E-state index in [-0.39, 0.29) is 62.4 Å². The fourth-order valence-electron chi connectivity index (χ4n) is 7.76. The van der Waals surface area contributed by atoms with Gasteiger partial charge in [0.25, 0.3) is 0 Å². The molecule has 1 heterocycles. The Kier molecular flexibility index (Phi) is 11.6. The van der Waals surface area contributed by atoms with Crippen LogP contribution in [0.2, 0.25) is 0 Å². The number of ketones is 1. The maximum atomic E-state index is 14.0. The number of ether oxygens (including phenoxy) is 4. The van der Waals surface area contributed by atoms with E-state index in [1.54, 1.807) is 24.3 Å². The molecule has 0 saturated heterocycles. The number of hydrogen-bond acceptors (Lipinski definition) is 11. The predicted octanol–water partition coefficient (Wildman–Crippen LogP) is 3.32. The van der Waals surface area contributed by atoms with Crippen LogP contribution in [0, 0.1) is 17.8 Å². The summed E-state index contributed by atoms with van der Waals surface area (Å²) in [5, 5.41) is 8.55. The average molecular weight is 714 g/mol. The highest BCUT2D eigenvalue weighted by Gasteiger charge is 2.52. The van der Waals surface area contributed by atoms with Crippen LogP contribution in [0.4, 0.5) is 10.5 Å². The number of esters is 1. The zero-order valence-corrected chi connectivity index (χ0v) is 29.2. The van der Waals surface area contributed by atoms with E-state index in [0.717, 1.165) is 31.4 Å². The summed E-state index contributed by atoms with van der Waals surface area (Å²) in [6.45, 7) is 3.94. The SMILES string of the molecule is CC(C)NCCC1c2ccccc2CC2C3=CC4=C(COC(=O)[C@H]4OC(=O)OCc4ccc(NC(=O)CNC(=O)COCC=O)cc4)C(=O)C3CC21. The van der Waals surface area contributed by atoms with Crippen LogP contribution in [0.15, 0.2) is 71.3 Å². The molecule has 13 nitrogen and oxygen atoms in total. The van der Waals surface area contributed by atoms with E-state index in [0.29, 0.717) is 34.7 Å². The maximum absolute atomic E-state index is 14.0. The topological polar surface area (TPSA) is 175 Å². The number of anilines is 1. The first-order chi connectivity index (χ1) is 25.1. The third-order valence-electron chi connectivity index (χ3n) is 10.1. The van der Waals surface area contributed by atoms with Gasteiger partial charge in [0, 0.05) is 28.8 Å². The largest absolute Gasteiger partial charge is 0.509 e. The third kappa shape index (κ3) is 8.32. The van der Waals surface area contributed by atoms with E-state index < -0.39 is 30.0 Å². The molecule has 0 bridgehead atoms. The lowest BCUT2D eigenvalue weighted by Gasteiger charge is -2.37. The van der Waals surface area contributed by atoms with Gasteiger partial charge in [-0.15, -0.1) is 0 Å². The molecule has 2 aromatic carbocycles. The number of rotatable bonds is 14. The zero-order chi connectivity index (χ0) is 36.8. The number of fused-ring (bicyclic) bond motifs is 4. The summed E-state index contributed by atoms with van der Waals surface area (Å²) < 4.78 is 21.0. The van der Waals surface area contributed by atoms with Crippen molar-refractivity contribution in [3.8, 4) is 0 Å². The van der Waals surface area contributed by atoms with Gasteiger partial charge in [0.15, 0.2) is 5.78 Å². The summed E-state index contributed by atoms with van der Waals surface area (Å²) in [6.07, 6.45) is 2.41. The molecule has 3 N–H and O–H groups in total. The van der Waals surface area contributed by atoms with Crippen LogP contribution in [0.5, 0.6) is 0 Å². The van der Waals surface area contributed by atoms with Crippen LogP contribution < -0.4 is 16.0 Å². The van der Waals surface area contributed by atoms with Crippen molar-refractivity contribution in [3.63, 3.8) is 0 Å². The summed E-state index contributed by atoms with van der Waals surface area (Å²) in [7, 11) is 0. The number of cyclic esters (lactones) is 1. The number of carbonyl (C=O) groups is 6. The van der Waals surface area contributed by atoms with Crippen molar-refractivity contribution in [3.05, 3.63) is 88.0 Å². The maximum Gasteiger partial charge on any atom is 0.509 e. The Morgan fingerprint density at radius 2 is 1.83 bits per heavy atom. The molecular formula is C39H43N3O10. The van der Waals surface area contributed by atoms with Crippen LogP contribution in [0.3, 0.4) is 0 Å². The number of allylic oxidation sites excluding steroid dienone is 1. The fraction of sp³-hybridized carbons (Fsp3) is 0.436. The minimum Gasteiger partial charge on any atom is -0.458 e. The van der Waals surface area contributed by atoms with Gasteiger partial charge >= 0.3 is 12.1 Å². The second kappa shape index (κ2) is 16.5. The van der Waals surface area contributed by atoms with Crippen molar-refractivity contribution >= 4 is 41.7 Å². The van der Waals surface area contributed by atoms with E-state index in [2.05, 4.69) is 54.1 Å². The monoisotopic (exact) mass is 713 g/mol. The average Bonchev–Trinajstić information content (AvgIpc) is 3.50. The molecule has 1 saturated carbocycles. The molecule has 3 aliphatic carbocycles. The van der Waals surface area contributed by atoms with Crippen LogP contribution in [-0.4, -0.2) is 81.1 Å². The normalized spacial score (nSPS) is 23.0. The van der Waals surface area contributed by atoms with Crippen molar-refractivity contribution < 1.29 is 47.7 Å². The van der Waals surface area contributed by atoms with E-state index in [4.69, 9.17) is 18.9 Å². The first kappa shape index (κ1) is 36.6. The van der Waals surface area contributed by atoms with Gasteiger partial charge in [0.1, 0.15) is 32.7 Å². The second-order valence-electron chi connectivity index (χ2n) is 13.8. The molecule has 0 spiro atoms. The van der Waals surface area contributed by atoms with Crippen LogP contribution in [-0.2, 0) is 55.9 Å². The highest BCUT2D eigenvalue weighted by molar-refractivity contribution is 6.05. The van der Waals surface area contributed by atoms with Crippen LogP contribution in [0.1, 0.15) is 49.3 Å². The number of Topliss-reactive ketones (excluding diaryl/α,β-unsaturated/α-hetero) is 1. The van der Waals surface area contributed by atoms with E-state index in [9.17, 15) is 28.8 Å². The van der Waals surface area contributed by atoms with Crippen molar-refractivity contribution in [2.75, 3.05) is 38.2 Å². The predicted molar refractivity (Wildman–Crippen MR) is 187 cm³/mol. The van der Waals surface area contributed by atoms with E-state index >= 15 is 0 Å². The summed E-state index contributed by atoms with van der Waals surface area (Å²) >= 11 is 0. The second-order valence-corrected chi connectivity index (χ2v) is 13.8. The minimum absolute atomic E-state index is 0.0716. The van der Waals surface area contributed by atoms with Gasteiger partial charge in [-0.25, -0.2) is 9.59 Å². The Morgan fingerprint density at radius 1 is 1.04 bits per heavy atom. The summed E-state index contributed by atoms with van der Waals surface area (Å²) in [6, 6.07) is 15.3. The number of amides is 2. The summed E-state index contributed by atoms with van der Waals surface area (Å²) in [4.78, 5) is 73.9. The van der Waals surface area contributed by atoms with E-state index in [1.165, 1.54) is 11.1 Å². The van der Waals surface area contributed by atoms with Crippen molar-refractivity contribution in [1.82, 2.24) is 10.6 Å². The number of aldehydes is 1. The number of hydrogen-bond donors (Lipinski definition) is 3. The highest BCUT2D eigenvalue weighted by atomic mass is 16.7. The van der Waals surface area contributed by atoms with Gasteiger partial charge in [0.05, 0.1) is 6.54 Å². The Bertz CT molecular complexity index is 1780. The molecular weight excluding hydrogens is 670 g/mol. The molecule has 13 heteroatoms. The number of nitrogens with one attached hydrogen (secondary N) is 3. The van der Waals surface area contributed by atoms with Crippen LogP contribution >= 0.6 is 0 Å². The molecule has 2 aromatic rings. The molecule has 4 aliphatic rings. The third-order valence-corrected chi connectivity index (χ3v) is 10.1. The Morgan fingerprint density at radius 3 is 2.60 bits per heavy atom. The van der Waals surface area contributed by atoms with Gasteiger partial charge in [-0.1, -0.05) is 61.9 Å². The van der Waals surface area contributed by atoms with Crippen molar-refractivity contribution in [1.29, 1.82) is 0 Å². The van der Waals surface area contributed by atoms with Gasteiger partial charge in [-0.3, -0.25) is 14.4 Å². The Hall–Kier alpha value is -5.14. The smallest absolute Gasteiger partial charge is 0.458 e. The Labute approximate surface area is 301 Å². The van der Waals surface area contributed by atoms with Crippen LogP contribution in [0.25, 0.3) is 0 Å². The van der Waals surface area contributed by atoms with Crippen molar-refractivity contribution in [2.24, 2.45) is 17.8 Å². The van der Waals surface area contributed by atoms with E-state index in [1.807, 2.05) is 6.08 Å². The highest BCUT2D eigenvalue weighted by Crippen LogP contribution is 2.56. The molecule has 5 atom stereocenters. The molecule has 1 aliphatic heterocycles.